The van der Waals surface area contributed by atoms with E-state index in [0.29, 0.717) is 16.1 Å². The van der Waals surface area contributed by atoms with Crippen molar-refractivity contribution < 1.29 is 4.79 Å². The number of nitrogens with zero attached hydrogens (tertiary/aromatic N) is 1. The number of carbonyl (C=O) groups is 1. The van der Waals surface area contributed by atoms with Crippen LogP contribution in [0, 0.1) is 0 Å². The Morgan fingerprint density at radius 3 is 2.22 bits per heavy atom. The van der Waals surface area contributed by atoms with Crippen LogP contribution in [0.4, 0.5) is 0 Å². The number of rotatable bonds is 3. The molecular weight excluding hydrogens is 358 g/mol. The molecule has 0 radical (unpaired) electrons. The Balaban J connectivity index is 1.93. The largest absolute Gasteiger partial charge is 0.311 e. The molecule has 3 nitrogen and oxygen atoms in total. The lowest BCUT2D eigenvalue weighted by Gasteiger charge is -2.12. The van der Waals surface area contributed by atoms with Gasteiger partial charge in [0.2, 0.25) is 0 Å². The summed E-state index contributed by atoms with van der Waals surface area (Å²) >= 11 is 5.92. The maximum Gasteiger partial charge on any atom is 0.251 e. The number of hydrogen-bond acceptors (Lipinski definition) is 2. The first-order valence-electron chi connectivity index (χ1n) is 8.54. The number of aromatic nitrogens is 1. The van der Waals surface area contributed by atoms with Crippen molar-refractivity contribution >= 4 is 28.3 Å². The van der Waals surface area contributed by atoms with Gasteiger partial charge in [0, 0.05) is 34.6 Å². The van der Waals surface area contributed by atoms with Crippen molar-refractivity contribution in [2.24, 2.45) is 7.05 Å². The maximum atomic E-state index is 12.9. The van der Waals surface area contributed by atoms with Crippen molar-refractivity contribution in [2.45, 2.75) is 0 Å². The van der Waals surface area contributed by atoms with E-state index in [1.165, 1.54) is 0 Å². The fourth-order valence-corrected chi connectivity index (χ4v) is 3.35. The van der Waals surface area contributed by atoms with Crippen LogP contribution in [0.5, 0.6) is 0 Å². The Bertz CT molecular complexity index is 1210. The monoisotopic (exact) mass is 373 g/mol. The molecule has 0 atom stereocenters. The number of aryl methyl sites for hydroxylation is 1. The minimum absolute atomic E-state index is 0.0820. The molecule has 1 aromatic heterocycles. The highest BCUT2D eigenvalue weighted by molar-refractivity contribution is 6.30. The number of carbonyl (C=O) groups excluding carboxylic acids is 1. The van der Waals surface area contributed by atoms with E-state index in [1.807, 2.05) is 42.5 Å². The van der Waals surface area contributed by atoms with Crippen LogP contribution in [0.25, 0.3) is 22.0 Å². The van der Waals surface area contributed by atoms with E-state index >= 15 is 0 Å². The van der Waals surface area contributed by atoms with E-state index in [4.69, 9.17) is 11.6 Å². The number of fused-ring (bicyclic) bond motifs is 1. The molecule has 0 saturated heterocycles. The highest BCUT2D eigenvalue weighted by atomic mass is 35.5. The van der Waals surface area contributed by atoms with Gasteiger partial charge >= 0.3 is 0 Å². The molecule has 0 N–H and O–H groups in total. The average molecular weight is 374 g/mol. The second kappa shape index (κ2) is 6.86. The van der Waals surface area contributed by atoms with Crippen molar-refractivity contribution in [3.63, 3.8) is 0 Å². The van der Waals surface area contributed by atoms with Gasteiger partial charge in [-0.2, -0.15) is 0 Å². The lowest BCUT2D eigenvalue weighted by atomic mass is 9.96. The van der Waals surface area contributed by atoms with E-state index in [2.05, 4.69) is 0 Å². The smallest absolute Gasteiger partial charge is 0.251 e. The van der Waals surface area contributed by atoms with Crippen LogP contribution in [0.3, 0.4) is 0 Å². The zero-order valence-electron chi connectivity index (χ0n) is 14.6. The van der Waals surface area contributed by atoms with Gasteiger partial charge in [-0.15, -0.1) is 0 Å². The minimum Gasteiger partial charge on any atom is -0.311 e. The number of benzene rings is 3. The Morgan fingerprint density at radius 1 is 0.852 bits per heavy atom. The third-order valence-corrected chi connectivity index (χ3v) is 4.95. The molecule has 3 aromatic carbocycles. The van der Waals surface area contributed by atoms with E-state index in [9.17, 15) is 9.59 Å². The number of halogens is 1. The third-order valence-electron chi connectivity index (χ3n) is 4.70. The van der Waals surface area contributed by atoms with Crippen LogP contribution in [0.15, 0.2) is 83.7 Å². The summed E-state index contributed by atoms with van der Waals surface area (Å²) in [6.45, 7) is 0. The Morgan fingerprint density at radius 2 is 1.52 bits per heavy atom. The zero-order chi connectivity index (χ0) is 19.0. The Labute approximate surface area is 161 Å². The summed E-state index contributed by atoms with van der Waals surface area (Å²) in [5, 5.41) is 1.45. The number of pyridine rings is 1. The van der Waals surface area contributed by atoms with Crippen LogP contribution >= 0.6 is 11.6 Å². The molecule has 4 rings (SSSR count). The molecule has 1 heterocycles. The first kappa shape index (κ1) is 17.3. The molecule has 0 aliphatic heterocycles. The first-order valence-corrected chi connectivity index (χ1v) is 8.92. The van der Waals surface area contributed by atoms with Crippen molar-refractivity contribution in [1.82, 2.24) is 4.57 Å². The van der Waals surface area contributed by atoms with Gasteiger partial charge in [0.15, 0.2) is 5.78 Å². The normalized spacial score (nSPS) is 10.9. The first-order chi connectivity index (χ1) is 13.0. The fourth-order valence-electron chi connectivity index (χ4n) is 3.23. The third kappa shape index (κ3) is 3.18. The van der Waals surface area contributed by atoms with Gasteiger partial charge in [-0.1, -0.05) is 41.9 Å². The average Bonchev–Trinajstić information content (AvgIpc) is 2.71. The summed E-state index contributed by atoms with van der Waals surface area (Å²) < 4.78 is 1.60. The summed E-state index contributed by atoms with van der Waals surface area (Å²) in [5.41, 5.74) is 3.60. The Hall–Kier alpha value is -3.17. The van der Waals surface area contributed by atoms with Gasteiger partial charge in [-0.25, -0.2) is 0 Å². The molecule has 0 amide bonds. The van der Waals surface area contributed by atoms with Gasteiger partial charge in [0.05, 0.1) is 5.52 Å². The lowest BCUT2D eigenvalue weighted by molar-refractivity contribution is 0.103. The summed E-state index contributed by atoms with van der Waals surface area (Å²) in [5.74, 6) is -0.0820. The molecule has 4 aromatic rings. The summed E-state index contributed by atoms with van der Waals surface area (Å²) in [7, 11) is 1.74. The van der Waals surface area contributed by atoms with Crippen molar-refractivity contribution in [2.75, 3.05) is 0 Å². The summed E-state index contributed by atoms with van der Waals surface area (Å²) in [4.78, 5) is 25.3. The topological polar surface area (TPSA) is 39.1 Å². The second-order valence-corrected chi connectivity index (χ2v) is 6.83. The highest BCUT2D eigenvalue weighted by Gasteiger charge is 2.14. The number of hydrogen-bond donors (Lipinski definition) is 0. The van der Waals surface area contributed by atoms with Crippen LogP contribution in [0.1, 0.15) is 15.9 Å². The molecule has 0 spiro atoms. The second-order valence-electron chi connectivity index (χ2n) is 6.39. The van der Waals surface area contributed by atoms with Gasteiger partial charge in [0.25, 0.3) is 5.56 Å². The van der Waals surface area contributed by atoms with Crippen molar-refractivity contribution in [3.8, 4) is 11.1 Å². The SMILES string of the molecule is Cn1c(=O)cc(-c2ccccc2)c2cc(C(=O)c3ccc(Cl)cc3)ccc21. The molecule has 4 heteroatoms. The summed E-state index contributed by atoms with van der Waals surface area (Å²) in [6.07, 6.45) is 0. The van der Waals surface area contributed by atoms with E-state index in [0.717, 1.165) is 22.0 Å². The van der Waals surface area contributed by atoms with Gasteiger partial charge < -0.3 is 4.57 Å². The predicted octanol–water partition coefficient (Wildman–Crippen LogP) is 5.09. The van der Waals surface area contributed by atoms with E-state index in [1.54, 1.807) is 48.0 Å². The van der Waals surface area contributed by atoms with Gasteiger partial charge in [0.1, 0.15) is 0 Å². The maximum absolute atomic E-state index is 12.9. The van der Waals surface area contributed by atoms with Crippen LogP contribution in [0.2, 0.25) is 5.02 Å². The molecule has 0 aliphatic carbocycles. The molecule has 132 valence electrons. The van der Waals surface area contributed by atoms with Crippen molar-refractivity contribution in [1.29, 1.82) is 0 Å². The lowest BCUT2D eigenvalue weighted by Crippen LogP contribution is -2.16. The molecule has 0 aliphatic rings. The summed E-state index contributed by atoms with van der Waals surface area (Å²) in [6, 6.07) is 23.6. The van der Waals surface area contributed by atoms with Gasteiger partial charge in [-0.3, -0.25) is 9.59 Å². The molecule has 27 heavy (non-hydrogen) atoms. The van der Waals surface area contributed by atoms with E-state index in [-0.39, 0.29) is 11.3 Å². The zero-order valence-corrected chi connectivity index (χ0v) is 15.4. The molecule has 0 bridgehead atoms. The molecule has 0 saturated carbocycles. The number of ketones is 1. The van der Waals surface area contributed by atoms with Crippen molar-refractivity contribution in [3.05, 3.63) is 105 Å². The van der Waals surface area contributed by atoms with Crippen LogP contribution in [-0.2, 0) is 7.05 Å². The molecule has 0 fully saturated rings. The highest BCUT2D eigenvalue weighted by Crippen LogP contribution is 2.28. The van der Waals surface area contributed by atoms with Crippen LogP contribution < -0.4 is 5.56 Å². The van der Waals surface area contributed by atoms with Gasteiger partial charge in [-0.05, 0) is 53.6 Å². The molecular formula is C23H16ClNO2. The predicted molar refractivity (Wildman–Crippen MR) is 110 cm³/mol. The van der Waals surface area contributed by atoms with E-state index < -0.39 is 0 Å². The Kier molecular flexibility index (Phi) is 4.38. The standard InChI is InChI=1S/C23H16ClNO2/c1-25-21-12-9-17(23(27)16-7-10-18(24)11-8-16)13-20(21)19(14-22(25)26)15-5-3-2-4-6-15/h2-14H,1H3. The molecule has 0 unspecified atom stereocenters. The minimum atomic E-state index is -0.0851. The fraction of sp³-hybridized carbons (Fsp3) is 0.0435. The quantitative estimate of drug-likeness (QED) is 0.469. The van der Waals surface area contributed by atoms with Crippen LogP contribution in [-0.4, -0.2) is 10.4 Å².